The quantitative estimate of drug-likeness (QED) is 0.125. The summed E-state index contributed by atoms with van der Waals surface area (Å²) in [6.07, 6.45) is 0.0884. The summed E-state index contributed by atoms with van der Waals surface area (Å²) in [6, 6.07) is 0.589. The maximum absolute atomic E-state index is 11.7. The summed E-state index contributed by atoms with van der Waals surface area (Å²) in [4.78, 5) is 22.9. The molecule has 182 valence electrons. The van der Waals surface area contributed by atoms with Crippen LogP contribution in [0.5, 0.6) is 0 Å². The molecule has 0 heterocycles. The van der Waals surface area contributed by atoms with Crippen LogP contribution in [0, 0.1) is 0 Å². The molecule has 0 aromatic rings. The van der Waals surface area contributed by atoms with E-state index in [4.69, 9.17) is 32.2 Å². The number of amides is 1. The fourth-order valence-corrected chi connectivity index (χ4v) is 4.95. The molecule has 10 nitrogen and oxygen atoms in total. The van der Waals surface area contributed by atoms with Crippen molar-refractivity contribution in [3.8, 4) is 0 Å². The second-order valence-corrected chi connectivity index (χ2v) is 9.02. The molecule has 0 aliphatic heterocycles. The lowest BCUT2D eigenvalue weighted by Gasteiger charge is -2.28. The van der Waals surface area contributed by atoms with Crippen LogP contribution in [0.2, 0.25) is 6.04 Å². The van der Waals surface area contributed by atoms with Crippen molar-refractivity contribution in [3.05, 3.63) is 12.2 Å². The van der Waals surface area contributed by atoms with Gasteiger partial charge in [0.2, 0.25) is 0 Å². The van der Waals surface area contributed by atoms with Gasteiger partial charge < -0.3 is 37.5 Å². The molecule has 0 atom stereocenters. The van der Waals surface area contributed by atoms with Gasteiger partial charge in [0.25, 0.3) is 0 Å². The van der Waals surface area contributed by atoms with E-state index in [1.165, 1.54) is 0 Å². The van der Waals surface area contributed by atoms with Gasteiger partial charge in [0.1, 0.15) is 6.61 Å². The second-order valence-electron chi connectivity index (χ2n) is 6.29. The molecule has 0 saturated heterocycles. The Morgan fingerprint density at radius 1 is 0.806 bits per heavy atom. The van der Waals surface area contributed by atoms with Crippen molar-refractivity contribution in [2.24, 2.45) is 0 Å². The molecule has 0 spiro atoms. The van der Waals surface area contributed by atoms with Crippen LogP contribution in [0.15, 0.2) is 12.2 Å². The SMILES string of the molecule is C=C(C)C(=O)OCCOCCOCCNC(=O)OCCC[Si](OCC)(OCC)OCC. The number of esters is 1. The molecule has 0 radical (unpaired) electrons. The Labute approximate surface area is 186 Å². The van der Waals surface area contributed by atoms with Crippen LogP contribution < -0.4 is 5.32 Å². The predicted octanol–water partition coefficient (Wildman–Crippen LogP) is 2.30. The zero-order valence-electron chi connectivity index (χ0n) is 19.4. The third kappa shape index (κ3) is 15.9. The second kappa shape index (κ2) is 19.2. The van der Waals surface area contributed by atoms with E-state index in [2.05, 4.69) is 11.9 Å². The Morgan fingerprint density at radius 2 is 1.35 bits per heavy atom. The van der Waals surface area contributed by atoms with E-state index in [0.717, 1.165) is 0 Å². The molecule has 0 aromatic heterocycles. The summed E-state index contributed by atoms with van der Waals surface area (Å²) >= 11 is 0. The number of alkyl carbamates (subject to hydrolysis) is 1. The van der Waals surface area contributed by atoms with Gasteiger partial charge >= 0.3 is 20.9 Å². The van der Waals surface area contributed by atoms with Crippen molar-refractivity contribution in [3.63, 3.8) is 0 Å². The lowest BCUT2D eigenvalue weighted by molar-refractivity contribution is -0.140. The molecule has 1 amide bonds. The number of hydrogen-bond acceptors (Lipinski definition) is 9. The molecule has 0 saturated carbocycles. The fraction of sp³-hybridized carbons (Fsp3) is 0.800. The van der Waals surface area contributed by atoms with Gasteiger partial charge in [0.05, 0.1) is 33.0 Å². The summed E-state index contributed by atoms with van der Waals surface area (Å²) in [6.45, 7) is 14.4. The number of carbonyl (C=O) groups is 2. The normalized spacial score (nSPS) is 11.2. The molecule has 0 aliphatic rings. The fourth-order valence-electron chi connectivity index (χ4n) is 2.37. The van der Waals surface area contributed by atoms with Crippen LogP contribution in [-0.4, -0.2) is 86.9 Å². The lowest BCUT2D eigenvalue weighted by atomic mass is 10.4. The summed E-state index contributed by atoms with van der Waals surface area (Å²) < 4.78 is 37.9. The lowest BCUT2D eigenvalue weighted by Crippen LogP contribution is -2.46. The van der Waals surface area contributed by atoms with Crippen LogP contribution in [0.1, 0.15) is 34.1 Å². The number of hydrogen-bond donors (Lipinski definition) is 1. The van der Waals surface area contributed by atoms with Crippen LogP contribution >= 0.6 is 0 Å². The third-order valence-electron chi connectivity index (χ3n) is 3.65. The van der Waals surface area contributed by atoms with E-state index in [0.29, 0.717) is 64.2 Å². The minimum atomic E-state index is -2.70. The van der Waals surface area contributed by atoms with E-state index in [9.17, 15) is 9.59 Å². The Bertz CT molecular complexity index is 488. The molecule has 1 N–H and O–H groups in total. The van der Waals surface area contributed by atoms with Crippen LogP contribution in [0.3, 0.4) is 0 Å². The molecule has 0 rings (SSSR count). The molecule has 0 fully saturated rings. The average molecular weight is 466 g/mol. The molecule has 31 heavy (non-hydrogen) atoms. The zero-order chi connectivity index (χ0) is 23.4. The summed E-state index contributed by atoms with van der Waals surface area (Å²) in [7, 11) is -2.70. The Balaban J connectivity index is 3.69. The molecule has 0 aromatic carbocycles. The molecule has 0 bridgehead atoms. The summed E-state index contributed by atoms with van der Waals surface area (Å²) in [5.74, 6) is -0.433. The molecule has 11 heteroatoms. The van der Waals surface area contributed by atoms with Gasteiger partial charge in [-0.25, -0.2) is 9.59 Å². The Kier molecular flexibility index (Phi) is 18.3. The zero-order valence-corrected chi connectivity index (χ0v) is 20.4. The first kappa shape index (κ1) is 29.5. The first-order valence-corrected chi connectivity index (χ1v) is 12.6. The van der Waals surface area contributed by atoms with Crippen molar-refractivity contribution in [1.29, 1.82) is 0 Å². The molecule has 0 aliphatic carbocycles. The van der Waals surface area contributed by atoms with Gasteiger partial charge in [-0.3, -0.25) is 0 Å². The average Bonchev–Trinajstić information content (AvgIpc) is 2.73. The number of nitrogens with one attached hydrogen (secondary N) is 1. The highest BCUT2D eigenvalue weighted by Gasteiger charge is 2.39. The molecular formula is C20H39NO9Si. The summed E-state index contributed by atoms with van der Waals surface area (Å²) in [5, 5.41) is 2.61. The molecular weight excluding hydrogens is 426 g/mol. The van der Waals surface area contributed by atoms with Crippen molar-refractivity contribution in [2.75, 3.05) is 66.0 Å². The third-order valence-corrected chi connectivity index (χ3v) is 6.80. The van der Waals surface area contributed by atoms with Crippen LogP contribution in [0.4, 0.5) is 4.79 Å². The van der Waals surface area contributed by atoms with Gasteiger partial charge in [0, 0.05) is 38.0 Å². The van der Waals surface area contributed by atoms with Gasteiger partial charge in [0.15, 0.2) is 0 Å². The van der Waals surface area contributed by atoms with Crippen molar-refractivity contribution in [2.45, 2.75) is 40.2 Å². The van der Waals surface area contributed by atoms with E-state index in [-0.39, 0.29) is 19.8 Å². The minimum absolute atomic E-state index is 0.169. The molecule has 0 unspecified atom stereocenters. The maximum atomic E-state index is 11.7. The monoisotopic (exact) mass is 465 g/mol. The highest BCUT2D eigenvalue weighted by Crippen LogP contribution is 2.18. The van der Waals surface area contributed by atoms with Gasteiger partial charge in [-0.1, -0.05) is 6.58 Å². The van der Waals surface area contributed by atoms with Crippen molar-refractivity contribution in [1.82, 2.24) is 5.32 Å². The van der Waals surface area contributed by atoms with Crippen LogP contribution in [0.25, 0.3) is 0 Å². The Morgan fingerprint density at radius 3 is 1.90 bits per heavy atom. The van der Waals surface area contributed by atoms with E-state index >= 15 is 0 Å². The first-order valence-electron chi connectivity index (χ1n) is 10.7. The highest BCUT2D eigenvalue weighted by atomic mass is 28.4. The minimum Gasteiger partial charge on any atom is -0.460 e. The van der Waals surface area contributed by atoms with Crippen molar-refractivity contribution >= 4 is 20.9 Å². The van der Waals surface area contributed by atoms with E-state index in [1.54, 1.807) is 6.92 Å². The smallest absolute Gasteiger partial charge is 0.460 e. The highest BCUT2D eigenvalue weighted by molar-refractivity contribution is 6.60. The van der Waals surface area contributed by atoms with E-state index < -0.39 is 20.9 Å². The maximum Gasteiger partial charge on any atom is 0.501 e. The number of carbonyl (C=O) groups excluding carboxylic acids is 2. The van der Waals surface area contributed by atoms with Crippen LogP contribution in [-0.2, 0) is 37.0 Å². The number of ether oxygens (including phenoxy) is 4. The van der Waals surface area contributed by atoms with Gasteiger partial charge in [-0.05, 0) is 34.1 Å². The summed E-state index contributed by atoms with van der Waals surface area (Å²) in [5.41, 5.74) is 0.353. The van der Waals surface area contributed by atoms with Crippen molar-refractivity contribution < 1.29 is 41.8 Å². The largest absolute Gasteiger partial charge is 0.501 e. The number of rotatable bonds is 20. The predicted molar refractivity (Wildman–Crippen MR) is 117 cm³/mol. The van der Waals surface area contributed by atoms with Gasteiger partial charge in [-0.2, -0.15) is 0 Å². The topological polar surface area (TPSA) is 111 Å². The van der Waals surface area contributed by atoms with E-state index in [1.807, 2.05) is 20.8 Å². The Hall–Kier alpha value is -1.50. The van der Waals surface area contributed by atoms with Gasteiger partial charge in [-0.15, -0.1) is 0 Å². The standard InChI is InChI=1S/C20H39NO9Si/c1-6-28-31(29-7-2,30-8-3)17-9-11-27-20(23)21-10-12-24-13-14-25-15-16-26-19(22)18(4)5/h4,6-17H2,1-3,5H3,(H,21,23). The first-order chi connectivity index (χ1) is 14.9.